The number of rotatable bonds is 14. The minimum atomic E-state index is 0.396. The van der Waals surface area contributed by atoms with E-state index in [0.29, 0.717) is 31.4 Å². The standard InChI is InChI=1S/C24H45N2O2/c1-5-6-7-8-9-10-11-16-27-19-25-14-15-26(18-25)20-28-24-17-22(4)12-13-23(24)21(2)3/h14-15,18,21-24H,5-13,16-17,19-20H2,1-4H3/q+1. The highest BCUT2D eigenvalue weighted by molar-refractivity contribution is 4.81. The number of hydrogen-bond donors (Lipinski definition) is 0. The van der Waals surface area contributed by atoms with Gasteiger partial charge in [0.15, 0.2) is 13.5 Å². The molecule has 162 valence electrons. The molecule has 3 unspecified atom stereocenters. The van der Waals surface area contributed by atoms with Gasteiger partial charge >= 0.3 is 0 Å². The maximum atomic E-state index is 6.33. The van der Waals surface area contributed by atoms with Gasteiger partial charge < -0.3 is 9.47 Å². The number of ether oxygens (including phenoxy) is 2. The molecular formula is C24H45N2O2+. The third-order valence-electron chi connectivity index (χ3n) is 6.28. The van der Waals surface area contributed by atoms with E-state index in [1.54, 1.807) is 0 Å². The second-order valence-electron chi connectivity index (χ2n) is 9.26. The molecule has 0 N–H and O–H groups in total. The molecule has 4 nitrogen and oxygen atoms in total. The predicted molar refractivity (Wildman–Crippen MR) is 115 cm³/mol. The lowest BCUT2D eigenvalue weighted by Gasteiger charge is -2.36. The van der Waals surface area contributed by atoms with Crippen molar-refractivity contribution in [3.8, 4) is 0 Å². The quantitative estimate of drug-likeness (QED) is 0.289. The summed E-state index contributed by atoms with van der Waals surface area (Å²) in [6.07, 6.45) is 19.8. The molecule has 0 amide bonds. The van der Waals surface area contributed by atoms with Crippen molar-refractivity contribution in [3.63, 3.8) is 0 Å². The van der Waals surface area contributed by atoms with Crippen LogP contribution in [-0.4, -0.2) is 17.3 Å². The molecule has 0 bridgehead atoms. The zero-order valence-electron chi connectivity index (χ0n) is 18.9. The fourth-order valence-corrected chi connectivity index (χ4v) is 4.41. The van der Waals surface area contributed by atoms with Crippen LogP contribution in [0.4, 0.5) is 0 Å². The van der Waals surface area contributed by atoms with Crippen LogP contribution in [-0.2, 0) is 22.9 Å². The van der Waals surface area contributed by atoms with Crippen LogP contribution in [0.25, 0.3) is 0 Å². The number of hydrogen-bond acceptors (Lipinski definition) is 2. The molecule has 0 saturated heterocycles. The molecular weight excluding hydrogens is 348 g/mol. The third kappa shape index (κ3) is 8.65. The van der Waals surface area contributed by atoms with Crippen LogP contribution in [0.1, 0.15) is 91.9 Å². The van der Waals surface area contributed by atoms with E-state index in [9.17, 15) is 0 Å². The average Bonchev–Trinajstić information content (AvgIpc) is 3.12. The first-order valence-electron chi connectivity index (χ1n) is 11.8. The van der Waals surface area contributed by atoms with Crippen molar-refractivity contribution in [2.45, 2.75) is 111 Å². The molecule has 1 heterocycles. The molecule has 2 rings (SSSR count). The molecule has 0 aliphatic heterocycles. The van der Waals surface area contributed by atoms with Gasteiger partial charge in [0.1, 0.15) is 12.4 Å². The molecule has 4 heteroatoms. The molecule has 1 aromatic rings. The average molecular weight is 394 g/mol. The van der Waals surface area contributed by atoms with Gasteiger partial charge in [0, 0.05) is 0 Å². The lowest BCUT2D eigenvalue weighted by Crippen LogP contribution is -2.35. The first kappa shape index (κ1) is 23.4. The molecule has 3 atom stereocenters. The molecule has 0 spiro atoms. The van der Waals surface area contributed by atoms with Crippen molar-refractivity contribution < 1.29 is 14.0 Å². The Kier molecular flexibility index (Phi) is 11.2. The van der Waals surface area contributed by atoms with E-state index < -0.39 is 0 Å². The third-order valence-corrected chi connectivity index (χ3v) is 6.28. The summed E-state index contributed by atoms with van der Waals surface area (Å²) in [6, 6.07) is 0. The van der Waals surface area contributed by atoms with Gasteiger partial charge in [-0.2, -0.15) is 0 Å². The Morgan fingerprint density at radius 3 is 2.57 bits per heavy atom. The van der Waals surface area contributed by atoms with Gasteiger partial charge in [0.25, 0.3) is 0 Å². The molecule has 1 saturated carbocycles. The molecule has 1 aliphatic rings. The van der Waals surface area contributed by atoms with Gasteiger partial charge in [0.2, 0.25) is 6.33 Å². The van der Waals surface area contributed by atoms with Crippen molar-refractivity contribution in [1.29, 1.82) is 0 Å². The van der Waals surface area contributed by atoms with Gasteiger partial charge in [-0.1, -0.05) is 72.6 Å². The van der Waals surface area contributed by atoms with E-state index in [-0.39, 0.29) is 0 Å². The predicted octanol–water partition coefficient (Wildman–Crippen LogP) is 5.94. The van der Waals surface area contributed by atoms with Crippen LogP contribution in [0.3, 0.4) is 0 Å². The maximum Gasteiger partial charge on any atom is 0.247 e. The van der Waals surface area contributed by atoms with E-state index in [4.69, 9.17) is 9.47 Å². The Bertz CT molecular complexity index is 514. The Labute approximate surface area is 173 Å². The highest BCUT2D eigenvalue weighted by Crippen LogP contribution is 2.35. The lowest BCUT2D eigenvalue weighted by atomic mass is 9.75. The summed E-state index contributed by atoms with van der Waals surface area (Å²) in [7, 11) is 0. The van der Waals surface area contributed by atoms with Gasteiger partial charge in [0.05, 0.1) is 12.7 Å². The lowest BCUT2D eigenvalue weighted by molar-refractivity contribution is -0.732. The van der Waals surface area contributed by atoms with Crippen LogP contribution in [0.15, 0.2) is 18.7 Å². The number of nitrogens with zero attached hydrogens (tertiary/aromatic N) is 2. The van der Waals surface area contributed by atoms with Crippen molar-refractivity contribution in [2.75, 3.05) is 6.61 Å². The fourth-order valence-electron chi connectivity index (χ4n) is 4.41. The monoisotopic (exact) mass is 393 g/mol. The first-order chi connectivity index (χ1) is 13.6. The Morgan fingerprint density at radius 1 is 1.07 bits per heavy atom. The fraction of sp³-hybridized carbons (Fsp3) is 0.875. The molecule has 28 heavy (non-hydrogen) atoms. The van der Waals surface area contributed by atoms with Crippen molar-refractivity contribution in [1.82, 2.24) is 4.57 Å². The summed E-state index contributed by atoms with van der Waals surface area (Å²) in [5.74, 6) is 2.19. The molecule has 1 fully saturated rings. The normalized spacial score (nSPS) is 22.8. The summed E-state index contributed by atoms with van der Waals surface area (Å²) in [5, 5.41) is 0. The van der Waals surface area contributed by atoms with Crippen LogP contribution in [0, 0.1) is 17.8 Å². The van der Waals surface area contributed by atoms with Gasteiger partial charge in [-0.3, -0.25) is 0 Å². The zero-order chi connectivity index (χ0) is 20.2. The SMILES string of the molecule is CCCCCCCCCOC[n+]1ccn(COC2CC(C)CCC2C(C)C)c1. The minimum absolute atomic E-state index is 0.396. The molecule has 1 aliphatic carbocycles. The summed E-state index contributed by atoms with van der Waals surface area (Å²) in [4.78, 5) is 0. The number of imidazole rings is 1. The van der Waals surface area contributed by atoms with Gasteiger partial charge in [-0.25, -0.2) is 9.13 Å². The molecule has 1 aromatic heterocycles. The van der Waals surface area contributed by atoms with E-state index >= 15 is 0 Å². The largest absolute Gasteiger partial charge is 0.342 e. The smallest absolute Gasteiger partial charge is 0.247 e. The highest BCUT2D eigenvalue weighted by atomic mass is 16.5. The topological polar surface area (TPSA) is 27.3 Å². The number of aromatic nitrogens is 2. The van der Waals surface area contributed by atoms with Crippen LogP contribution in [0.5, 0.6) is 0 Å². The minimum Gasteiger partial charge on any atom is -0.342 e. The van der Waals surface area contributed by atoms with E-state index in [1.807, 2.05) is 0 Å². The zero-order valence-corrected chi connectivity index (χ0v) is 18.9. The second kappa shape index (κ2) is 13.4. The highest BCUT2D eigenvalue weighted by Gasteiger charge is 2.31. The Balaban J connectivity index is 1.60. The number of unbranched alkanes of at least 4 members (excludes halogenated alkanes) is 6. The summed E-state index contributed by atoms with van der Waals surface area (Å²) in [5.41, 5.74) is 0. The van der Waals surface area contributed by atoms with Crippen molar-refractivity contribution in [3.05, 3.63) is 18.7 Å². The van der Waals surface area contributed by atoms with Crippen LogP contribution in [0.2, 0.25) is 0 Å². The van der Waals surface area contributed by atoms with Crippen LogP contribution >= 0.6 is 0 Å². The maximum absolute atomic E-state index is 6.33. The molecule has 0 aromatic carbocycles. The Morgan fingerprint density at radius 2 is 1.82 bits per heavy atom. The second-order valence-corrected chi connectivity index (χ2v) is 9.26. The van der Waals surface area contributed by atoms with Crippen molar-refractivity contribution >= 4 is 0 Å². The van der Waals surface area contributed by atoms with Crippen molar-refractivity contribution in [2.24, 2.45) is 17.8 Å². The first-order valence-corrected chi connectivity index (χ1v) is 11.8. The van der Waals surface area contributed by atoms with Crippen LogP contribution < -0.4 is 4.57 Å². The Hall–Kier alpha value is -0.870. The summed E-state index contributed by atoms with van der Waals surface area (Å²) in [6.45, 7) is 11.4. The summed E-state index contributed by atoms with van der Waals surface area (Å²) < 4.78 is 16.4. The van der Waals surface area contributed by atoms with Gasteiger partial charge in [-0.15, -0.1) is 0 Å². The van der Waals surface area contributed by atoms with E-state index in [2.05, 4.69) is 55.6 Å². The van der Waals surface area contributed by atoms with E-state index in [1.165, 1.54) is 64.2 Å². The molecule has 0 radical (unpaired) electrons. The van der Waals surface area contributed by atoms with E-state index in [0.717, 1.165) is 12.5 Å². The van der Waals surface area contributed by atoms with Gasteiger partial charge in [-0.05, 0) is 37.0 Å². The summed E-state index contributed by atoms with van der Waals surface area (Å²) >= 11 is 0.